The third kappa shape index (κ3) is 3.88. The van der Waals surface area contributed by atoms with Gasteiger partial charge in [0.05, 0.1) is 18.4 Å². The van der Waals surface area contributed by atoms with E-state index in [1.54, 1.807) is 43.8 Å². The summed E-state index contributed by atoms with van der Waals surface area (Å²) in [5.41, 5.74) is 1.11. The van der Waals surface area contributed by atoms with Crippen molar-refractivity contribution < 1.29 is 9.53 Å². The minimum Gasteiger partial charge on any atom is -0.475 e. The van der Waals surface area contributed by atoms with Crippen LogP contribution in [0, 0.1) is 0 Å². The van der Waals surface area contributed by atoms with Crippen LogP contribution in [0.25, 0.3) is 0 Å². The molecule has 1 amide bonds. The molecule has 0 saturated carbocycles. The van der Waals surface area contributed by atoms with Gasteiger partial charge in [-0.1, -0.05) is 0 Å². The normalized spacial score (nSPS) is 17.8. The number of hydrogen-bond donors (Lipinski definition) is 0. The Bertz CT molecular complexity index is 672. The molecular formula is C16H22N6O2. The van der Waals surface area contributed by atoms with Crippen molar-refractivity contribution in [2.75, 3.05) is 27.2 Å². The number of likely N-dealkylation sites (N-methyl/N-ethyl adjacent to an activating group) is 1. The average molecular weight is 330 g/mol. The van der Waals surface area contributed by atoms with Gasteiger partial charge in [-0.05, 0) is 12.5 Å². The average Bonchev–Trinajstić information content (AvgIpc) is 2.96. The maximum Gasteiger partial charge on any atom is 0.236 e. The number of carbonyl (C=O) groups excluding carboxylic acids is 1. The van der Waals surface area contributed by atoms with E-state index in [-0.39, 0.29) is 11.9 Å². The molecule has 0 fully saturated rings. The Morgan fingerprint density at radius 1 is 1.38 bits per heavy atom. The number of rotatable bonds is 5. The molecule has 2 aromatic heterocycles. The molecule has 0 spiro atoms. The fraction of sp³-hybridized carbons (Fsp3) is 0.500. The van der Waals surface area contributed by atoms with Crippen LogP contribution in [0.4, 0.5) is 0 Å². The van der Waals surface area contributed by atoms with E-state index in [0.29, 0.717) is 25.6 Å². The van der Waals surface area contributed by atoms with E-state index in [2.05, 4.69) is 20.0 Å². The number of aromatic nitrogens is 4. The zero-order valence-corrected chi connectivity index (χ0v) is 14.0. The predicted octanol–water partition coefficient (Wildman–Crippen LogP) is 0.415. The summed E-state index contributed by atoms with van der Waals surface area (Å²) in [6.45, 7) is 2.30. The molecule has 1 aliphatic rings. The minimum atomic E-state index is 0.0764. The lowest BCUT2D eigenvalue weighted by atomic mass is 10.2. The van der Waals surface area contributed by atoms with Gasteiger partial charge >= 0.3 is 0 Å². The highest BCUT2D eigenvalue weighted by atomic mass is 16.5. The summed E-state index contributed by atoms with van der Waals surface area (Å²) in [6, 6.07) is 2.11. The molecule has 24 heavy (non-hydrogen) atoms. The lowest BCUT2D eigenvalue weighted by Gasteiger charge is -2.29. The van der Waals surface area contributed by atoms with Crippen LogP contribution < -0.4 is 4.74 Å². The Labute approximate surface area is 141 Å². The van der Waals surface area contributed by atoms with Crippen molar-refractivity contribution in [1.29, 1.82) is 0 Å². The van der Waals surface area contributed by atoms with Crippen LogP contribution in [0.5, 0.6) is 5.88 Å². The van der Waals surface area contributed by atoms with Crippen molar-refractivity contribution in [1.82, 2.24) is 29.5 Å². The van der Waals surface area contributed by atoms with E-state index in [1.165, 1.54) is 0 Å². The van der Waals surface area contributed by atoms with Crippen molar-refractivity contribution in [2.45, 2.75) is 25.6 Å². The van der Waals surface area contributed by atoms with Crippen LogP contribution in [0.1, 0.15) is 12.1 Å². The van der Waals surface area contributed by atoms with Gasteiger partial charge in [0.2, 0.25) is 11.8 Å². The fourth-order valence-electron chi connectivity index (χ4n) is 2.72. The van der Waals surface area contributed by atoms with Gasteiger partial charge in [-0.25, -0.2) is 4.98 Å². The number of hydrogen-bond acceptors (Lipinski definition) is 6. The molecule has 3 heterocycles. The Morgan fingerprint density at radius 2 is 2.25 bits per heavy atom. The first-order chi connectivity index (χ1) is 11.6. The van der Waals surface area contributed by atoms with E-state index in [4.69, 9.17) is 4.74 Å². The van der Waals surface area contributed by atoms with Gasteiger partial charge in [0.1, 0.15) is 6.61 Å². The zero-order valence-electron chi connectivity index (χ0n) is 14.0. The quantitative estimate of drug-likeness (QED) is 0.790. The smallest absolute Gasteiger partial charge is 0.236 e. The molecule has 3 rings (SSSR count). The van der Waals surface area contributed by atoms with Crippen LogP contribution in [-0.4, -0.2) is 68.7 Å². The van der Waals surface area contributed by atoms with E-state index in [1.807, 2.05) is 10.7 Å². The summed E-state index contributed by atoms with van der Waals surface area (Å²) in [5, 5.41) is 4.35. The summed E-state index contributed by atoms with van der Waals surface area (Å²) < 4.78 is 7.77. The Morgan fingerprint density at radius 3 is 3.00 bits per heavy atom. The van der Waals surface area contributed by atoms with E-state index >= 15 is 0 Å². The Balaban J connectivity index is 1.71. The first-order valence-corrected chi connectivity index (χ1v) is 7.97. The second-order valence-corrected chi connectivity index (χ2v) is 6.04. The van der Waals surface area contributed by atoms with E-state index in [9.17, 15) is 4.79 Å². The molecule has 0 unspecified atom stereocenters. The molecular weight excluding hydrogens is 308 g/mol. The molecule has 0 saturated heterocycles. The molecule has 0 aromatic carbocycles. The Hall–Kier alpha value is -2.48. The monoisotopic (exact) mass is 330 g/mol. The highest BCUT2D eigenvalue weighted by Crippen LogP contribution is 2.18. The Kier molecular flexibility index (Phi) is 5.05. The van der Waals surface area contributed by atoms with Gasteiger partial charge in [0, 0.05) is 51.8 Å². The van der Waals surface area contributed by atoms with Crippen molar-refractivity contribution in [3.63, 3.8) is 0 Å². The van der Waals surface area contributed by atoms with Gasteiger partial charge < -0.3 is 9.64 Å². The van der Waals surface area contributed by atoms with Crippen molar-refractivity contribution in [2.24, 2.45) is 0 Å². The third-order valence-corrected chi connectivity index (χ3v) is 4.16. The van der Waals surface area contributed by atoms with Crippen molar-refractivity contribution in [3.05, 3.63) is 36.5 Å². The lowest BCUT2D eigenvalue weighted by Crippen LogP contribution is -2.44. The summed E-state index contributed by atoms with van der Waals surface area (Å²) in [7, 11) is 3.55. The fourth-order valence-corrected chi connectivity index (χ4v) is 2.72. The second kappa shape index (κ2) is 7.39. The molecule has 0 aliphatic carbocycles. The van der Waals surface area contributed by atoms with Gasteiger partial charge in [-0.2, -0.15) is 5.10 Å². The number of aryl methyl sites for hydroxylation is 1. The van der Waals surface area contributed by atoms with E-state index < -0.39 is 0 Å². The SMILES string of the molecule is CN(C)C(=O)CN1Cc2ccnn2CC[C@H]1COc1cnccn1. The van der Waals surface area contributed by atoms with Crippen LogP contribution >= 0.6 is 0 Å². The van der Waals surface area contributed by atoms with Gasteiger partial charge in [-0.3, -0.25) is 19.4 Å². The number of fused-ring (bicyclic) bond motifs is 1. The lowest BCUT2D eigenvalue weighted by molar-refractivity contribution is -0.130. The number of carbonyl (C=O) groups is 1. The van der Waals surface area contributed by atoms with Crippen LogP contribution in [-0.2, 0) is 17.9 Å². The molecule has 0 radical (unpaired) electrons. The number of amides is 1. The maximum absolute atomic E-state index is 12.2. The third-order valence-electron chi connectivity index (χ3n) is 4.16. The molecule has 1 atom stereocenters. The maximum atomic E-state index is 12.2. The highest BCUT2D eigenvalue weighted by molar-refractivity contribution is 5.77. The molecule has 0 bridgehead atoms. The summed E-state index contributed by atoms with van der Waals surface area (Å²) in [5.74, 6) is 0.575. The molecule has 8 heteroatoms. The van der Waals surface area contributed by atoms with Gasteiger partial charge in [0.15, 0.2) is 0 Å². The van der Waals surface area contributed by atoms with Crippen LogP contribution in [0.15, 0.2) is 30.9 Å². The molecule has 128 valence electrons. The first-order valence-electron chi connectivity index (χ1n) is 7.97. The van der Waals surface area contributed by atoms with E-state index in [0.717, 1.165) is 18.7 Å². The van der Waals surface area contributed by atoms with Crippen molar-refractivity contribution in [3.8, 4) is 5.88 Å². The van der Waals surface area contributed by atoms with Crippen LogP contribution in [0.3, 0.4) is 0 Å². The summed E-state index contributed by atoms with van der Waals surface area (Å²) >= 11 is 0. The number of nitrogens with zero attached hydrogens (tertiary/aromatic N) is 6. The molecule has 2 aromatic rings. The largest absolute Gasteiger partial charge is 0.475 e. The summed E-state index contributed by atoms with van der Waals surface area (Å²) in [6.07, 6.45) is 7.47. The molecule has 8 nitrogen and oxygen atoms in total. The topological polar surface area (TPSA) is 76.4 Å². The van der Waals surface area contributed by atoms with Gasteiger partial charge in [-0.15, -0.1) is 0 Å². The predicted molar refractivity (Wildman–Crippen MR) is 87.3 cm³/mol. The second-order valence-electron chi connectivity index (χ2n) is 6.04. The standard InChI is InChI=1S/C16H22N6O2/c1-20(2)16(23)11-21-10-13-3-5-19-22(13)8-4-14(21)12-24-15-9-17-6-7-18-15/h3,5-7,9,14H,4,8,10-12H2,1-2H3/t14-/m0/s1. The minimum absolute atomic E-state index is 0.0764. The first kappa shape index (κ1) is 16.4. The molecule has 1 aliphatic heterocycles. The van der Waals surface area contributed by atoms with Crippen LogP contribution in [0.2, 0.25) is 0 Å². The zero-order chi connectivity index (χ0) is 16.9. The highest BCUT2D eigenvalue weighted by Gasteiger charge is 2.27. The van der Waals surface area contributed by atoms with Gasteiger partial charge in [0.25, 0.3) is 0 Å². The summed E-state index contributed by atoms with van der Waals surface area (Å²) in [4.78, 5) is 24.1. The number of ether oxygens (including phenoxy) is 1. The van der Waals surface area contributed by atoms with Crippen molar-refractivity contribution >= 4 is 5.91 Å². The molecule has 0 N–H and O–H groups in total.